The number of carbonyl (C=O) groups excluding carboxylic acids is 1. The number of carbonyl (C=O) groups is 1. The van der Waals surface area contributed by atoms with Crippen LogP contribution in [0.3, 0.4) is 0 Å². The fourth-order valence-corrected chi connectivity index (χ4v) is 2.47. The lowest BCUT2D eigenvalue weighted by Gasteiger charge is -2.08. The number of ether oxygens (including phenoxy) is 3. The molecular weight excluding hydrogens is 328 g/mol. The molecule has 0 fully saturated rings. The van der Waals surface area contributed by atoms with E-state index in [0.717, 1.165) is 24.3 Å². The molecule has 0 heterocycles. The van der Waals surface area contributed by atoms with Gasteiger partial charge in [0.15, 0.2) is 17.3 Å². The molecule has 0 bridgehead atoms. The summed E-state index contributed by atoms with van der Waals surface area (Å²) in [5.74, 6) is 1.90. The molecule has 0 unspecified atom stereocenters. The minimum Gasteiger partial charge on any atom is -0.494 e. The van der Waals surface area contributed by atoms with E-state index < -0.39 is 0 Å². The molecule has 0 saturated carbocycles. The van der Waals surface area contributed by atoms with Gasteiger partial charge >= 0.3 is 0 Å². The summed E-state index contributed by atoms with van der Waals surface area (Å²) < 4.78 is 16.1. The second-order valence-electron chi connectivity index (χ2n) is 5.89. The Morgan fingerprint density at radius 2 is 1.69 bits per heavy atom. The van der Waals surface area contributed by atoms with E-state index in [9.17, 15) is 4.79 Å². The second-order valence-corrected chi connectivity index (χ2v) is 5.89. The maximum atomic E-state index is 12.3. The molecule has 0 amide bonds. The van der Waals surface area contributed by atoms with Gasteiger partial charge < -0.3 is 14.2 Å². The standard InChI is InChI=1S/C22H26O4/c1-4-5-6-15-26-19-11-7-17(8-12-19)9-13-20(23)18-10-14-21(24-2)22(16-18)25-3/h7-14,16H,4-6,15H2,1-3H3/b13-9+. The van der Waals surface area contributed by atoms with E-state index in [0.29, 0.717) is 17.1 Å². The van der Waals surface area contributed by atoms with Crippen LogP contribution >= 0.6 is 0 Å². The minimum atomic E-state index is -0.0918. The first-order valence-corrected chi connectivity index (χ1v) is 8.85. The topological polar surface area (TPSA) is 44.8 Å². The van der Waals surface area contributed by atoms with Crippen molar-refractivity contribution in [2.75, 3.05) is 20.8 Å². The molecule has 0 saturated heterocycles. The number of allylic oxidation sites excluding steroid dienone is 1. The Balaban J connectivity index is 1.97. The molecule has 0 aromatic heterocycles. The van der Waals surface area contributed by atoms with E-state index in [2.05, 4.69) is 6.92 Å². The number of methoxy groups -OCH3 is 2. The van der Waals surface area contributed by atoms with Gasteiger partial charge in [0.05, 0.1) is 20.8 Å². The van der Waals surface area contributed by atoms with Crippen LogP contribution < -0.4 is 14.2 Å². The first kappa shape index (κ1) is 19.6. The third-order valence-electron chi connectivity index (χ3n) is 3.99. The van der Waals surface area contributed by atoms with Crippen molar-refractivity contribution in [3.63, 3.8) is 0 Å². The largest absolute Gasteiger partial charge is 0.494 e. The molecule has 0 spiro atoms. The number of ketones is 1. The van der Waals surface area contributed by atoms with Crippen molar-refractivity contribution in [1.29, 1.82) is 0 Å². The summed E-state index contributed by atoms with van der Waals surface area (Å²) in [6.07, 6.45) is 6.77. The smallest absolute Gasteiger partial charge is 0.185 e. The maximum Gasteiger partial charge on any atom is 0.185 e. The summed E-state index contributed by atoms with van der Waals surface area (Å²) in [5, 5.41) is 0. The zero-order chi connectivity index (χ0) is 18.8. The Kier molecular flexibility index (Phi) is 7.75. The van der Waals surface area contributed by atoms with Gasteiger partial charge in [-0.15, -0.1) is 0 Å². The molecule has 138 valence electrons. The minimum absolute atomic E-state index is 0.0918. The molecule has 0 N–H and O–H groups in total. The van der Waals surface area contributed by atoms with Crippen LogP contribution in [0.1, 0.15) is 42.1 Å². The van der Waals surface area contributed by atoms with Gasteiger partial charge in [0.2, 0.25) is 0 Å². The monoisotopic (exact) mass is 354 g/mol. The molecule has 0 atom stereocenters. The Morgan fingerprint density at radius 3 is 2.35 bits per heavy atom. The zero-order valence-corrected chi connectivity index (χ0v) is 15.7. The highest BCUT2D eigenvalue weighted by molar-refractivity contribution is 6.07. The maximum absolute atomic E-state index is 12.3. The van der Waals surface area contributed by atoms with E-state index >= 15 is 0 Å². The predicted molar refractivity (Wildman–Crippen MR) is 104 cm³/mol. The van der Waals surface area contributed by atoms with Crippen LogP contribution in [0.5, 0.6) is 17.2 Å². The van der Waals surface area contributed by atoms with Crippen LogP contribution in [0.2, 0.25) is 0 Å². The van der Waals surface area contributed by atoms with Crippen LogP contribution in [0.25, 0.3) is 6.08 Å². The third kappa shape index (κ3) is 5.66. The summed E-state index contributed by atoms with van der Waals surface area (Å²) in [7, 11) is 3.12. The van der Waals surface area contributed by atoms with Crippen molar-refractivity contribution in [1.82, 2.24) is 0 Å². The molecule has 2 aromatic carbocycles. The molecule has 4 nitrogen and oxygen atoms in total. The fourth-order valence-electron chi connectivity index (χ4n) is 2.47. The molecule has 2 rings (SSSR count). The van der Waals surface area contributed by atoms with Crippen molar-refractivity contribution in [2.24, 2.45) is 0 Å². The molecular formula is C22H26O4. The van der Waals surface area contributed by atoms with E-state index in [1.807, 2.05) is 24.3 Å². The first-order chi connectivity index (χ1) is 12.7. The summed E-state index contributed by atoms with van der Waals surface area (Å²) in [5.41, 5.74) is 1.49. The lowest BCUT2D eigenvalue weighted by Crippen LogP contribution is -1.97. The van der Waals surface area contributed by atoms with Crippen molar-refractivity contribution in [3.8, 4) is 17.2 Å². The van der Waals surface area contributed by atoms with Gasteiger partial charge in [0, 0.05) is 5.56 Å². The number of hydrogen-bond acceptors (Lipinski definition) is 4. The van der Waals surface area contributed by atoms with Crippen molar-refractivity contribution >= 4 is 11.9 Å². The quantitative estimate of drug-likeness (QED) is 0.335. The van der Waals surface area contributed by atoms with Crippen LogP contribution in [-0.4, -0.2) is 26.6 Å². The lowest BCUT2D eigenvalue weighted by atomic mass is 10.1. The van der Waals surface area contributed by atoms with Gasteiger partial charge in [0.25, 0.3) is 0 Å². The van der Waals surface area contributed by atoms with Gasteiger partial charge in [-0.05, 0) is 48.4 Å². The summed E-state index contributed by atoms with van der Waals surface area (Å²) >= 11 is 0. The van der Waals surface area contributed by atoms with Crippen LogP contribution in [0.4, 0.5) is 0 Å². The van der Waals surface area contributed by atoms with E-state index in [1.165, 1.54) is 12.8 Å². The average molecular weight is 354 g/mol. The van der Waals surface area contributed by atoms with E-state index in [1.54, 1.807) is 44.6 Å². The van der Waals surface area contributed by atoms with Crippen molar-refractivity contribution < 1.29 is 19.0 Å². The molecule has 4 heteroatoms. The normalized spacial score (nSPS) is 10.7. The Morgan fingerprint density at radius 1 is 0.962 bits per heavy atom. The molecule has 2 aromatic rings. The summed E-state index contributed by atoms with van der Waals surface area (Å²) in [6, 6.07) is 12.9. The van der Waals surface area contributed by atoms with Gasteiger partial charge in [-0.3, -0.25) is 4.79 Å². The average Bonchev–Trinajstić information content (AvgIpc) is 2.69. The van der Waals surface area contributed by atoms with Gasteiger partial charge in [0.1, 0.15) is 5.75 Å². The lowest BCUT2D eigenvalue weighted by molar-refractivity contribution is 0.104. The van der Waals surface area contributed by atoms with Gasteiger partial charge in [-0.1, -0.05) is 38.0 Å². The third-order valence-corrected chi connectivity index (χ3v) is 3.99. The van der Waals surface area contributed by atoms with Crippen LogP contribution in [0.15, 0.2) is 48.5 Å². The fraction of sp³-hybridized carbons (Fsp3) is 0.318. The molecule has 0 aliphatic carbocycles. The van der Waals surface area contributed by atoms with Crippen LogP contribution in [-0.2, 0) is 0 Å². The predicted octanol–water partition coefficient (Wildman–Crippen LogP) is 5.17. The highest BCUT2D eigenvalue weighted by Gasteiger charge is 2.08. The molecule has 0 aliphatic heterocycles. The Bertz CT molecular complexity index is 732. The number of hydrogen-bond donors (Lipinski definition) is 0. The zero-order valence-electron chi connectivity index (χ0n) is 15.7. The van der Waals surface area contributed by atoms with E-state index in [-0.39, 0.29) is 5.78 Å². The Hall–Kier alpha value is -2.75. The first-order valence-electron chi connectivity index (χ1n) is 8.85. The molecule has 26 heavy (non-hydrogen) atoms. The Labute approximate surface area is 155 Å². The number of rotatable bonds is 10. The van der Waals surface area contributed by atoms with Gasteiger partial charge in [-0.25, -0.2) is 0 Å². The number of unbranched alkanes of at least 4 members (excludes halogenated alkanes) is 2. The SMILES string of the molecule is CCCCCOc1ccc(/C=C/C(=O)c2ccc(OC)c(OC)c2)cc1. The number of benzene rings is 2. The molecule has 0 aliphatic rings. The van der Waals surface area contributed by atoms with Gasteiger partial charge in [-0.2, -0.15) is 0 Å². The van der Waals surface area contributed by atoms with Crippen LogP contribution in [0, 0.1) is 0 Å². The highest BCUT2D eigenvalue weighted by atomic mass is 16.5. The summed E-state index contributed by atoms with van der Waals surface area (Å²) in [6.45, 7) is 2.91. The van der Waals surface area contributed by atoms with E-state index in [4.69, 9.17) is 14.2 Å². The second kappa shape index (κ2) is 10.3. The van der Waals surface area contributed by atoms with Crippen molar-refractivity contribution in [3.05, 3.63) is 59.7 Å². The highest BCUT2D eigenvalue weighted by Crippen LogP contribution is 2.27. The van der Waals surface area contributed by atoms with Crippen molar-refractivity contribution in [2.45, 2.75) is 26.2 Å². The summed E-state index contributed by atoms with van der Waals surface area (Å²) in [4.78, 5) is 12.3. The molecule has 0 radical (unpaired) electrons.